The average Bonchev–Trinajstić information content (AvgIpc) is 3.11. The lowest BCUT2D eigenvalue weighted by molar-refractivity contribution is -0.155. The molecule has 0 heterocycles. The lowest BCUT2D eigenvalue weighted by Gasteiger charge is -2.09. The minimum absolute atomic E-state index is 0.237. The van der Waals surface area contributed by atoms with Crippen LogP contribution in [-0.2, 0) is 16.1 Å². The molecule has 1 aliphatic rings. The molecule has 0 radical (unpaired) electrons. The quantitative estimate of drug-likeness (QED) is 0.771. The second-order valence-corrected chi connectivity index (χ2v) is 4.29. The van der Waals surface area contributed by atoms with Crippen LogP contribution < -0.4 is 0 Å². The smallest absolute Gasteiger partial charge is 0.335 e. The third kappa shape index (κ3) is 3.35. The molecule has 1 aliphatic carbocycles. The predicted molar refractivity (Wildman–Crippen MR) is 59.6 cm³/mol. The lowest BCUT2D eigenvalue weighted by Crippen LogP contribution is -2.23. The molecule has 0 bridgehead atoms. The van der Waals surface area contributed by atoms with E-state index in [1.54, 1.807) is 0 Å². The largest absolute Gasteiger partial charge is 0.459 e. The highest BCUT2D eigenvalue weighted by atomic mass is 16.5. The van der Waals surface area contributed by atoms with Crippen LogP contribution in [-0.4, -0.2) is 17.2 Å². The van der Waals surface area contributed by atoms with Gasteiger partial charge in [-0.3, -0.25) is 0 Å². The first-order valence-electron chi connectivity index (χ1n) is 5.64. The van der Waals surface area contributed by atoms with Crippen LogP contribution in [0.4, 0.5) is 0 Å². The fourth-order valence-corrected chi connectivity index (χ4v) is 1.59. The van der Waals surface area contributed by atoms with E-state index in [0.717, 1.165) is 18.4 Å². The Morgan fingerprint density at radius 3 is 2.69 bits per heavy atom. The van der Waals surface area contributed by atoms with E-state index < -0.39 is 12.1 Å². The van der Waals surface area contributed by atoms with Gasteiger partial charge in [0.2, 0.25) is 0 Å². The summed E-state index contributed by atoms with van der Waals surface area (Å²) in [7, 11) is 0. The highest BCUT2D eigenvalue weighted by Crippen LogP contribution is 2.33. The Hall–Kier alpha value is -1.35. The highest BCUT2D eigenvalue weighted by Gasteiger charge is 2.28. The van der Waals surface area contributed by atoms with E-state index in [4.69, 9.17) is 4.74 Å². The number of carbonyl (C=O) groups excluding carboxylic acids is 1. The molecule has 0 saturated heterocycles. The van der Waals surface area contributed by atoms with Crippen LogP contribution in [0, 0.1) is 5.92 Å². The van der Waals surface area contributed by atoms with E-state index in [1.807, 2.05) is 30.3 Å². The first-order valence-corrected chi connectivity index (χ1v) is 5.64. The summed E-state index contributed by atoms with van der Waals surface area (Å²) in [4.78, 5) is 11.4. The third-order valence-corrected chi connectivity index (χ3v) is 2.75. The number of rotatable bonds is 5. The third-order valence-electron chi connectivity index (χ3n) is 2.75. The maximum Gasteiger partial charge on any atom is 0.335 e. The molecule has 0 spiro atoms. The summed E-state index contributed by atoms with van der Waals surface area (Å²) >= 11 is 0. The van der Waals surface area contributed by atoms with Crippen molar-refractivity contribution >= 4 is 5.97 Å². The minimum atomic E-state index is -0.948. The molecule has 0 amide bonds. The van der Waals surface area contributed by atoms with E-state index in [0.29, 0.717) is 12.3 Å². The topological polar surface area (TPSA) is 46.5 Å². The van der Waals surface area contributed by atoms with Crippen molar-refractivity contribution in [3.05, 3.63) is 35.9 Å². The SMILES string of the molecule is O=C(OCc1ccccc1)C(O)CC1CC1. The van der Waals surface area contributed by atoms with Crippen molar-refractivity contribution in [2.45, 2.75) is 32.0 Å². The number of aliphatic hydroxyl groups excluding tert-OH is 1. The Morgan fingerprint density at radius 1 is 1.38 bits per heavy atom. The van der Waals surface area contributed by atoms with Crippen molar-refractivity contribution in [3.8, 4) is 0 Å². The van der Waals surface area contributed by atoms with Crippen molar-refractivity contribution in [3.63, 3.8) is 0 Å². The Kier molecular flexibility index (Phi) is 3.57. The van der Waals surface area contributed by atoms with Crippen LogP contribution in [0.15, 0.2) is 30.3 Å². The Bertz CT molecular complexity index is 343. The molecular weight excluding hydrogens is 204 g/mol. The zero-order chi connectivity index (χ0) is 11.4. The van der Waals surface area contributed by atoms with Gasteiger partial charge in [-0.15, -0.1) is 0 Å². The molecule has 1 fully saturated rings. The summed E-state index contributed by atoms with van der Waals surface area (Å²) in [5, 5.41) is 9.53. The average molecular weight is 220 g/mol. The Labute approximate surface area is 95.0 Å². The van der Waals surface area contributed by atoms with Crippen molar-refractivity contribution in [2.24, 2.45) is 5.92 Å². The van der Waals surface area contributed by atoms with Gasteiger partial charge < -0.3 is 9.84 Å². The fraction of sp³-hybridized carbons (Fsp3) is 0.462. The van der Waals surface area contributed by atoms with Crippen molar-refractivity contribution in [1.82, 2.24) is 0 Å². The first-order chi connectivity index (χ1) is 7.75. The monoisotopic (exact) mass is 220 g/mol. The maximum atomic E-state index is 11.4. The number of aliphatic hydroxyl groups is 1. The van der Waals surface area contributed by atoms with E-state index in [9.17, 15) is 9.90 Å². The van der Waals surface area contributed by atoms with Gasteiger partial charge in [0, 0.05) is 0 Å². The van der Waals surface area contributed by atoms with Crippen LogP contribution in [0.25, 0.3) is 0 Å². The number of ether oxygens (including phenoxy) is 1. The number of hydrogen-bond acceptors (Lipinski definition) is 3. The number of benzene rings is 1. The van der Waals surface area contributed by atoms with E-state index in [1.165, 1.54) is 0 Å². The second-order valence-electron chi connectivity index (χ2n) is 4.29. The summed E-state index contributed by atoms with van der Waals surface area (Å²) < 4.78 is 5.03. The van der Waals surface area contributed by atoms with Gasteiger partial charge in [0.05, 0.1) is 0 Å². The van der Waals surface area contributed by atoms with E-state index in [2.05, 4.69) is 0 Å². The van der Waals surface area contributed by atoms with Crippen LogP contribution in [0.5, 0.6) is 0 Å². The number of carbonyl (C=O) groups is 1. The number of esters is 1. The molecule has 1 aromatic rings. The first kappa shape index (κ1) is 11.1. The summed E-state index contributed by atoms with van der Waals surface area (Å²) in [6.45, 7) is 0.237. The molecular formula is C13H16O3. The fourth-order valence-electron chi connectivity index (χ4n) is 1.59. The van der Waals surface area contributed by atoms with Crippen molar-refractivity contribution in [1.29, 1.82) is 0 Å². The van der Waals surface area contributed by atoms with E-state index >= 15 is 0 Å². The summed E-state index contributed by atoms with van der Waals surface area (Å²) in [5.41, 5.74) is 0.939. The molecule has 1 atom stereocenters. The van der Waals surface area contributed by atoms with Gasteiger partial charge in [-0.05, 0) is 17.9 Å². The zero-order valence-corrected chi connectivity index (χ0v) is 9.13. The van der Waals surface area contributed by atoms with Crippen LogP contribution in [0.3, 0.4) is 0 Å². The van der Waals surface area contributed by atoms with Crippen LogP contribution >= 0.6 is 0 Å². The molecule has 16 heavy (non-hydrogen) atoms. The molecule has 0 aromatic heterocycles. The number of hydrogen-bond donors (Lipinski definition) is 1. The normalized spacial score (nSPS) is 16.8. The van der Waals surface area contributed by atoms with Gasteiger partial charge in [0.1, 0.15) is 6.61 Å². The van der Waals surface area contributed by atoms with Gasteiger partial charge in [-0.2, -0.15) is 0 Å². The lowest BCUT2D eigenvalue weighted by atomic mass is 10.2. The minimum Gasteiger partial charge on any atom is -0.459 e. The van der Waals surface area contributed by atoms with Crippen LogP contribution in [0.2, 0.25) is 0 Å². The van der Waals surface area contributed by atoms with Gasteiger partial charge in [0.15, 0.2) is 6.10 Å². The van der Waals surface area contributed by atoms with Gasteiger partial charge >= 0.3 is 5.97 Å². The Balaban J connectivity index is 1.74. The summed E-state index contributed by atoms with van der Waals surface area (Å²) in [6.07, 6.45) is 1.86. The molecule has 1 saturated carbocycles. The molecule has 3 nitrogen and oxygen atoms in total. The second kappa shape index (κ2) is 5.12. The van der Waals surface area contributed by atoms with Crippen LogP contribution in [0.1, 0.15) is 24.8 Å². The molecule has 2 rings (SSSR count). The molecule has 3 heteroatoms. The Morgan fingerprint density at radius 2 is 2.06 bits per heavy atom. The molecule has 1 unspecified atom stereocenters. The van der Waals surface area contributed by atoms with Gasteiger partial charge in [0.25, 0.3) is 0 Å². The molecule has 1 aromatic carbocycles. The molecule has 0 aliphatic heterocycles. The van der Waals surface area contributed by atoms with E-state index in [-0.39, 0.29) is 6.61 Å². The molecule has 86 valence electrons. The van der Waals surface area contributed by atoms with Crippen molar-refractivity contribution < 1.29 is 14.6 Å². The molecule has 1 N–H and O–H groups in total. The summed E-state index contributed by atoms with van der Waals surface area (Å²) in [5.74, 6) is 0.0232. The zero-order valence-electron chi connectivity index (χ0n) is 9.13. The maximum absolute atomic E-state index is 11.4. The highest BCUT2D eigenvalue weighted by molar-refractivity contribution is 5.74. The van der Waals surface area contributed by atoms with Gasteiger partial charge in [-0.1, -0.05) is 43.2 Å². The van der Waals surface area contributed by atoms with Crippen molar-refractivity contribution in [2.75, 3.05) is 0 Å². The predicted octanol–water partition coefficient (Wildman–Crippen LogP) is 1.89. The standard InChI is InChI=1S/C13H16O3/c14-12(8-10-6-7-10)13(15)16-9-11-4-2-1-3-5-11/h1-5,10,12,14H,6-9H2. The van der Waals surface area contributed by atoms with Gasteiger partial charge in [-0.25, -0.2) is 4.79 Å². The summed E-state index contributed by atoms with van der Waals surface area (Å²) in [6, 6.07) is 9.47.